The molecule has 8 nitrogen and oxygen atoms in total. The Morgan fingerprint density at radius 3 is 1.93 bits per heavy atom. The molecule has 214 valence electrons. The molecule has 0 saturated heterocycles. The van der Waals surface area contributed by atoms with Crippen LogP contribution in [0, 0.1) is 5.82 Å². The standard InChI is InChI=1S/C30H37FN4O4S/c1-30(2,3)32-29(37)27(20-23-12-8-6-9-13-23)34(21-24-16-18-25(31)19-17-24)28(36)22-35(40(38,39)33(4)5)26-14-10-7-11-15-26/h6-19,27H,20-22H2,1-5H3,(H,32,37)/t27-/m1/s1. The van der Waals surface area contributed by atoms with Crippen molar-refractivity contribution in [1.82, 2.24) is 14.5 Å². The average Bonchev–Trinajstić information content (AvgIpc) is 2.90. The number of carbonyl (C=O) groups excluding carboxylic acids is 2. The summed E-state index contributed by atoms with van der Waals surface area (Å²) in [5, 5.41) is 2.97. The van der Waals surface area contributed by atoms with Crippen LogP contribution < -0.4 is 9.62 Å². The van der Waals surface area contributed by atoms with E-state index in [1.54, 1.807) is 42.5 Å². The number of amides is 2. The van der Waals surface area contributed by atoms with Crippen molar-refractivity contribution in [3.05, 3.63) is 102 Å². The second-order valence-electron chi connectivity index (χ2n) is 10.7. The van der Waals surface area contributed by atoms with Crippen molar-refractivity contribution in [2.75, 3.05) is 24.9 Å². The lowest BCUT2D eigenvalue weighted by Crippen LogP contribution is -2.56. The molecule has 10 heteroatoms. The molecule has 0 bridgehead atoms. The molecule has 0 aliphatic heterocycles. The Kier molecular flexibility index (Phi) is 10.1. The highest BCUT2D eigenvalue weighted by Crippen LogP contribution is 2.22. The molecule has 3 rings (SSSR count). The maximum atomic E-state index is 14.1. The summed E-state index contributed by atoms with van der Waals surface area (Å²) in [6.07, 6.45) is 0.196. The molecule has 0 radical (unpaired) electrons. The number of anilines is 1. The molecule has 0 aromatic heterocycles. The summed E-state index contributed by atoms with van der Waals surface area (Å²) < 4.78 is 42.4. The van der Waals surface area contributed by atoms with Gasteiger partial charge in [-0.1, -0.05) is 60.7 Å². The summed E-state index contributed by atoms with van der Waals surface area (Å²) in [5.41, 5.74) is 1.15. The molecule has 0 saturated carbocycles. The van der Waals surface area contributed by atoms with Crippen molar-refractivity contribution in [3.8, 4) is 0 Å². The van der Waals surface area contributed by atoms with Crippen LogP contribution in [0.5, 0.6) is 0 Å². The number of hydrogen-bond donors (Lipinski definition) is 1. The summed E-state index contributed by atoms with van der Waals surface area (Å²) in [4.78, 5) is 29.2. The van der Waals surface area contributed by atoms with Gasteiger partial charge in [0.15, 0.2) is 0 Å². The summed E-state index contributed by atoms with van der Waals surface area (Å²) in [6, 6.07) is 22.3. The highest BCUT2D eigenvalue weighted by molar-refractivity contribution is 7.90. The van der Waals surface area contributed by atoms with E-state index in [9.17, 15) is 22.4 Å². The van der Waals surface area contributed by atoms with E-state index in [1.807, 2.05) is 51.1 Å². The minimum absolute atomic E-state index is 0.0290. The SMILES string of the molecule is CN(C)S(=O)(=O)N(CC(=O)N(Cc1ccc(F)cc1)[C@H](Cc1ccccc1)C(=O)NC(C)(C)C)c1ccccc1. The molecular weight excluding hydrogens is 531 g/mol. The number of para-hydroxylation sites is 1. The molecular formula is C30H37FN4O4S. The number of nitrogens with zero attached hydrogens (tertiary/aromatic N) is 3. The Morgan fingerprint density at radius 1 is 0.850 bits per heavy atom. The van der Waals surface area contributed by atoms with Crippen molar-refractivity contribution in [1.29, 1.82) is 0 Å². The van der Waals surface area contributed by atoms with Crippen LogP contribution in [-0.2, 0) is 32.8 Å². The van der Waals surface area contributed by atoms with Gasteiger partial charge in [-0.2, -0.15) is 12.7 Å². The van der Waals surface area contributed by atoms with Gasteiger partial charge >= 0.3 is 10.2 Å². The lowest BCUT2D eigenvalue weighted by Gasteiger charge is -2.35. The van der Waals surface area contributed by atoms with Crippen LogP contribution in [0.15, 0.2) is 84.9 Å². The van der Waals surface area contributed by atoms with Gasteiger partial charge in [0.1, 0.15) is 18.4 Å². The van der Waals surface area contributed by atoms with Gasteiger partial charge < -0.3 is 10.2 Å². The maximum absolute atomic E-state index is 14.1. The van der Waals surface area contributed by atoms with Gasteiger partial charge in [0.2, 0.25) is 11.8 Å². The van der Waals surface area contributed by atoms with E-state index in [0.717, 1.165) is 14.2 Å². The first kappa shape index (κ1) is 30.8. The van der Waals surface area contributed by atoms with Crippen molar-refractivity contribution in [2.24, 2.45) is 0 Å². The molecule has 3 aromatic carbocycles. The van der Waals surface area contributed by atoms with Gasteiger partial charge in [-0.25, -0.2) is 8.70 Å². The first-order chi connectivity index (χ1) is 18.8. The minimum Gasteiger partial charge on any atom is -0.350 e. The molecule has 0 heterocycles. The van der Waals surface area contributed by atoms with Crippen molar-refractivity contribution < 1.29 is 22.4 Å². The Labute approximate surface area is 236 Å². The van der Waals surface area contributed by atoms with Crippen LogP contribution in [-0.4, -0.2) is 61.7 Å². The second kappa shape index (κ2) is 13.1. The zero-order valence-electron chi connectivity index (χ0n) is 23.5. The smallest absolute Gasteiger partial charge is 0.304 e. The van der Waals surface area contributed by atoms with Gasteiger partial charge in [-0.3, -0.25) is 9.59 Å². The van der Waals surface area contributed by atoms with Crippen LogP contribution in [0.1, 0.15) is 31.9 Å². The highest BCUT2D eigenvalue weighted by atomic mass is 32.2. The summed E-state index contributed by atoms with van der Waals surface area (Å²) in [6.45, 7) is 4.96. The molecule has 2 amide bonds. The molecule has 3 aromatic rings. The van der Waals surface area contributed by atoms with Gasteiger partial charge in [0.25, 0.3) is 0 Å². The van der Waals surface area contributed by atoms with Crippen molar-refractivity contribution in [3.63, 3.8) is 0 Å². The van der Waals surface area contributed by atoms with Crippen LogP contribution in [0.2, 0.25) is 0 Å². The monoisotopic (exact) mass is 568 g/mol. The fourth-order valence-electron chi connectivity index (χ4n) is 4.10. The number of rotatable bonds is 11. The summed E-state index contributed by atoms with van der Waals surface area (Å²) >= 11 is 0. The largest absolute Gasteiger partial charge is 0.350 e. The normalized spacial score (nSPS) is 12.6. The number of hydrogen-bond acceptors (Lipinski definition) is 4. The third kappa shape index (κ3) is 8.37. The van der Waals surface area contributed by atoms with E-state index < -0.39 is 40.1 Å². The zero-order chi connectivity index (χ0) is 29.5. The van der Waals surface area contributed by atoms with Crippen LogP contribution >= 0.6 is 0 Å². The quantitative estimate of drug-likeness (QED) is 0.379. The molecule has 1 atom stereocenters. The summed E-state index contributed by atoms with van der Waals surface area (Å²) in [5.74, 6) is -1.39. The topological polar surface area (TPSA) is 90.0 Å². The molecule has 0 unspecified atom stereocenters. The maximum Gasteiger partial charge on any atom is 0.304 e. The third-order valence-electron chi connectivity index (χ3n) is 6.10. The number of carbonyl (C=O) groups is 2. The molecule has 1 N–H and O–H groups in total. The van der Waals surface area contributed by atoms with Gasteiger partial charge in [0, 0.05) is 32.6 Å². The molecule has 0 aliphatic carbocycles. The molecule has 0 spiro atoms. The van der Waals surface area contributed by atoms with E-state index in [-0.39, 0.29) is 18.9 Å². The van der Waals surface area contributed by atoms with Crippen LogP contribution in [0.25, 0.3) is 0 Å². The van der Waals surface area contributed by atoms with E-state index in [4.69, 9.17) is 0 Å². The van der Waals surface area contributed by atoms with E-state index in [2.05, 4.69) is 5.32 Å². The second-order valence-corrected chi connectivity index (χ2v) is 12.8. The first-order valence-corrected chi connectivity index (χ1v) is 14.3. The van der Waals surface area contributed by atoms with Gasteiger partial charge in [-0.05, 0) is 56.2 Å². The van der Waals surface area contributed by atoms with E-state index in [1.165, 1.54) is 31.1 Å². The van der Waals surface area contributed by atoms with E-state index in [0.29, 0.717) is 11.3 Å². The number of halogens is 1. The Hall–Kier alpha value is -3.76. The predicted molar refractivity (Wildman–Crippen MR) is 155 cm³/mol. The number of nitrogens with one attached hydrogen (secondary N) is 1. The Bertz CT molecular complexity index is 1380. The lowest BCUT2D eigenvalue weighted by molar-refractivity contribution is -0.140. The van der Waals surface area contributed by atoms with Gasteiger partial charge in [-0.15, -0.1) is 0 Å². The third-order valence-corrected chi connectivity index (χ3v) is 7.92. The average molecular weight is 569 g/mol. The minimum atomic E-state index is -4.06. The Balaban J connectivity index is 2.09. The van der Waals surface area contributed by atoms with Gasteiger partial charge in [0.05, 0.1) is 5.69 Å². The fraction of sp³-hybridized carbons (Fsp3) is 0.333. The highest BCUT2D eigenvalue weighted by Gasteiger charge is 2.35. The molecule has 0 aliphatic rings. The van der Waals surface area contributed by atoms with Crippen molar-refractivity contribution in [2.45, 2.75) is 45.3 Å². The van der Waals surface area contributed by atoms with Crippen LogP contribution in [0.3, 0.4) is 0 Å². The number of benzene rings is 3. The van der Waals surface area contributed by atoms with Crippen molar-refractivity contribution >= 4 is 27.7 Å². The lowest BCUT2D eigenvalue weighted by atomic mass is 10.0. The van der Waals surface area contributed by atoms with Crippen LogP contribution in [0.4, 0.5) is 10.1 Å². The first-order valence-electron chi connectivity index (χ1n) is 12.9. The fourth-order valence-corrected chi connectivity index (χ4v) is 5.16. The summed E-state index contributed by atoms with van der Waals surface area (Å²) in [7, 11) is -1.28. The molecule has 0 fully saturated rings. The predicted octanol–water partition coefficient (Wildman–Crippen LogP) is 3.99. The molecule has 40 heavy (non-hydrogen) atoms. The zero-order valence-corrected chi connectivity index (χ0v) is 24.4. The Morgan fingerprint density at radius 2 is 1.40 bits per heavy atom. The van der Waals surface area contributed by atoms with E-state index >= 15 is 0 Å².